The third kappa shape index (κ3) is 3.62. The predicted molar refractivity (Wildman–Crippen MR) is 89.3 cm³/mol. The van der Waals surface area contributed by atoms with E-state index < -0.39 is 0 Å². The van der Waals surface area contributed by atoms with Crippen molar-refractivity contribution in [2.45, 2.75) is 37.3 Å². The van der Waals surface area contributed by atoms with Crippen molar-refractivity contribution in [2.75, 3.05) is 0 Å². The number of nitrogens with zero attached hydrogens (tertiary/aromatic N) is 1. The van der Waals surface area contributed by atoms with Gasteiger partial charge in [-0.2, -0.15) is 0 Å². The summed E-state index contributed by atoms with van der Waals surface area (Å²) in [6, 6.07) is 7.82. The molecule has 2 aromatic rings. The summed E-state index contributed by atoms with van der Waals surface area (Å²) in [5, 5.41) is 0.770. The summed E-state index contributed by atoms with van der Waals surface area (Å²) in [4.78, 5) is 8.90. The van der Waals surface area contributed by atoms with Crippen molar-refractivity contribution in [3.05, 3.63) is 51.0 Å². The summed E-state index contributed by atoms with van der Waals surface area (Å²) in [6.45, 7) is 6.31. The third-order valence-corrected chi connectivity index (χ3v) is 4.82. The van der Waals surface area contributed by atoms with Gasteiger partial charge < -0.3 is 4.98 Å². The molecule has 0 saturated heterocycles. The van der Waals surface area contributed by atoms with Crippen LogP contribution in [-0.2, 0) is 5.75 Å². The maximum Gasteiger partial charge on any atom is 0.133 e. The van der Waals surface area contributed by atoms with E-state index in [0.717, 1.165) is 32.8 Å². The summed E-state index contributed by atoms with van der Waals surface area (Å²) in [5.74, 6) is 2.00. The normalized spacial score (nSPS) is 11.1. The molecule has 0 saturated carbocycles. The van der Waals surface area contributed by atoms with Gasteiger partial charge in [-0.3, -0.25) is 0 Å². The Morgan fingerprint density at radius 3 is 2.65 bits per heavy atom. The van der Waals surface area contributed by atoms with E-state index in [1.54, 1.807) is 11.8 Å². The van der Waals surface area contributed by atoms with Crippen molar-refractivity contribution in [3.8, 4) is 0 Å². The maximum absolute atomic E-state index is 6.15. The zero-order valence-electron chi connectivity index (χ0n) is 11.7. The fourth-order valence-electron chi connectivity index (χ4n) is 2.11. The van der Waals surface area contributed by atoms with Crippen LogP contribution >= 0.6 is 35.6 Å². The molecule has 0 unspecified atom stereocenters. The van der Waals surface area contributed by atoms with Gasteiger partial charge in [0.1, 0.15) is 10.5 Å². The molecule has 1 aromatic carbocycles. The maximum atomic E-state index is 6.15. The first-order chi connectivity index (χ1) is 9.49. The van der Waals surface area contributed by atoms with E-state index in [1.807, 2.05) is 24.3 Å². The highest BCUT2D eigenvalue weighted by Crippen LogP contribution is 2.29. The number of H-pyrrole nitrogens is 1. The van der Waals surface area contributed by atoms with Crippen LogP contribution in [0, 0.1) is 11.6 Å². The number of hydrogen-bond donors (Lipinski definition) is 1. The van der Waals surface area contributed by atoms with Crippen LogP contribution in [0.2, 0.25) is 5.02 Å². The Bertz CT molecular complexity index is 665. The summed E-state index contributed by atoms with van der Waals surface area (Å²) in [5.41, 5.74) is 2.24. The number of aromatic amines is 1. The molecule has 1 N–H and O–H groups in total. The SMILES string of the molecule is Cc1[nH]c(CSc2ccccc2Cl)nc(=S)c1C(C)C. The lowest BCUT2D eigenvalue weighted by Crippen LogP contribution is -2.03. The largest absolute Gasteiger partial charge is 0.346 e. The van der Waals surface area contributed by atoms with Gasteiger partial charge in [0.2, 0.25) is 0 Å². The molecule has 2 rings (SSSR count). The van der Waals surface area contributed by atoms with Gasteiger partial charge in [0.05, 0.1) is 10.8 Å². The van der Waals surface area contributed by atoms with Crippen LogP contribution in [0.25, 0.3) is 0 Å². The minimum absolute atomic E-state index is 0.386. The molecule has 0 bridgehead atoms. The number of hydrogen-bond acceptors (Lipinski definition) is 3. The van der Waals surface area contributed by atoms with Crippen molar-refractivity contribution in [2.24, 2.45) is 0 Å². The van der Waals surface area contributed by atoms with Gasteiger partial charge in [-0.1, -0.05) is 49.8 Å². The molecule has 1 heterocycles. The molecule has 20 heavy (non-hydrogen) atoms. The first kappa shape index (κ1) is 15.5. The Kier molecular flexibility index (Phi) is 5.24. The number of rotatable bonds is 4. The van der Waals surface area contributed by atoms with E-state index in [2.05, 4.69) is 30.7 Å². The fourth-order valence-corrected chi connectivity index (χ4v) is 3.72. The van der Waals surface area contributed by atoms with Gasteiger partial charge in [0, 0.05) is 16.2 Å². The van der Waals surface area contributed by atoms with Gasteiger partial charge in [0.25, 0.3) is 0 Å². The van der Waals surface area contributed by atoms with Crippen molar-refractivity contribution in [1.29, 1.82) is 0 Å². The van der Waals surface area contributed by atoms with Gasteiger partial charge in [-0.15, -0.1) is 11.8 Å². The number of aromatic nitrogens is 2. The van der Waals surface area contributed by atoms with Gasteiger partial charge in [0.15, 0.2) is 0 Å². The number of thioether (sulfide) groups is 1. The molecule has 2 nitrogen and oxygen atoms in total. The van der Waals surface area contributed by atoms with E-state index in [-0.39, 0.29) is 0 Å². The van der Waals surface area contributed by atoms with Crippen LogP contribution in [0.15, 0.2) is 29.2 Å². The van der Waals surface area contributed by atoms with Gasteiger partial charge >= 0.3 is 0 Å². The Morgan fingerprint density at radius 2 is 2.05 bits per heavy atom. The molecular weight excluding hydrogens is 308 g/mol. The van der Waals surface area contributed by atoms with Crippen molar-refractivity contribution in [1.82, 2.24) is 9.97 Å². The standard InChI is InChI=1S/C15H17ClN2S2/c1-9(2)14-10(3)17-13(18-15(14)19)8-20-12-7-5-4-6-11(12)16/h4-7,9H,8H2,1-3H3,(H,17,18,19). The molecule has 5 heteroatoms. The second-order valence-corrected chi connectivity index (χ2v) is 6.71. The zero-order valence-corrected chi connectivity index (χ0v) is 14.1. The first-order valence-corrected chi connectivity index (χ1v) is 8.23. The second kappa shape index (κ2) is 6.74. The van der Waals surface area contributed by atoms with Crippen LogP contribution in [0.3, 0.4) is 0 Å². The minimum Gasteiger partial charge on any atom is -0.346 e. The minimum atomic E-state index is 0.386. The molecule has 0 aliphatic carbocycles. The van der Waals surface area contributed by atoms with Crippen LogP contribution in [0.4, 0.5) is 0 Å². The average molecular weight is 325 g/mol. The molecule has 106 valence electrons. The topological polar surface area (TPSA) is 28.7 Å². The first-order valence-electron chi connectivity index (χ1n) is 6.46. The van der Waals surface area contributed by atoms with E-state index in [4.69, 9.17) is 23.8 Å². The highest BCUT2D eigenvalue weighted by molar-refractivity contribution is 7.98. The Hall–Kier alpha value is -0.840. The van der Waals surface area contributed by atoms with Gasteiger partial charge in [-0.05, 0) is 25.0 Å². The number of aryl methyl sites for hydroxylation is 1. The summed E-state index contributed by atoms with van der Waals surface area (Å²) >= 11 is 13.2. The number of nitrogens with one attached hydrogen (secondary N) is 1. The van der Waals surface area contributed by atoms with Crippen molar-refractivity contribution in [3.63, 3.8) is 0 Å². The molecule has 0 fully saturated rings. The molecule has 0 spiro atoms. The van der Waals surface area contributed by atoms with Crippen molar-refractivity contribution >= 4 is 35.6 Å². The lowest BCUT2D eigenvalue weighted by molar-refractivity contribution is 0.810. The molecular formula is C15H17ClN2S2. The van der Waals surface area contributed by atoms with E-state index in [9.17, 15) is 0 Å². The molecule has 1 aromatic heterocycles. The monoisotopic (exact) mass is 324 g/mol. The Balaban J connectivity index is 2.20. The van der Waals surface area contributed by atoms with E-state index in [0.29, 0.717) is 10.6 Å². The highest BCUT2D eigenvalue weighted by atomic mass is 35.5. The van der Waals surface area contributed by atoms with E-state index in [1.165, 1.54) is 0 Å². The summed E-state index contributed by atoms with van der Waals surface area (Å²) < 4.78 is 0.700. The molecule has 0 amide bonds. The number of benzene rings is 1. The van der Waals surface area contributed by atoms with Crippen molar-refractivity contribution < 1.29 is 0 Å². The van der Waals surface area contributed by atoms with E-state index >= 15 is 0 Å². The fraction of sp³-hybridized carbons (Fsp3) is 0.333. The lowest BCUT2D eigenvalue weighted by atomic mass is 10.0. The molecule has 0 aliphatic rings. The summed E-state index contributed by atoms with van der Waals surface area (Å²) in [6.07, 6.45) is 0. The Labute approximate surface area is 134 Å². The highest BCUT2D eigenvalue weighted by Gasteiger charge is 2.09. The third-order valence-electron chi connectivity index (χ3n) is 2.98. The quantitative estimate of drug-likeness (QED) is 0.593. The summed E-state index contributed by atoms with van der Waals surface area (Å²) in [7, 11) is 0. The van der Waals surface area contributed by atoms with Crippen LogP contribution < -0.4 is 0 Å². The smallest absolute Gasteiger partial charge is 0.133 e. The van der Waals surface area contributed by atoms with Crippen LogP contribution in [-0.4, -0.2) is 9.97 Å². The zero-order chi connectivity index (χ0) is 14.7. The average Bonchev–Trinajstić information content (AvgIpc) is 2.36. The predicted octanol–water partition coefficient (Wildman–Crippen LogP) is 5.52. The second-order valence-electron chi connectivity index (χ2n) is 4.90. The Morgan fingerprint density at radius 1 is 1.35 bits per heavy atom. The molecule has 0 radical (unpaired) electrons. The number of halogens is 1. The molecule has 0 aliphatic heterocycles. The van der Waals surface area contributed by atoms with Gasteiger partial charge in [-0.25, -0.2) is 4.98 Å². The van der Waals surface area contributed by atoms with Crippen LogP contribution in [0.1, 0.15) is 36.8 Å². The van der Waals surface area contributed by atoms with Crippen LogP contribution in [0.5, 0.6) is 0 Å². The lowest BCUT2D eigenvalue weighted by Gasteiger charge is -2.11. The molecule has 0 atom stereocenters.